The highest BCUT2D eigenvalue weighted by Gasteiger charge is 2.46. The molecule has 3 atom stereocenters. The normalized spacial score (nSPS) is 24.8. The second-order valence-electron chi connectivity index (χ2n) is 9.33. The highest BCUT2D eigenvalue weighted by atomic mass is 16.5. The first kappa shape index (κ1) is 21.4. The van der Waals surface area contributed by atoms with Crippen molar-refractivity contribution < 1.29 is 9.53 Å². The van der Waals surface area contributed by atoms with E-state index in [4.69, 9.17) is 4.74 Å². The summed E-state index contributed by atoms with van der Waals surface area (Å²) in [6.07, 6.45) is 2.68. The molecule has 0 spiro atoms. The van der Waals surface area contributed by atoms with Crippen LogP contribution in [-0.2, 0) is 12.1 Å². The van der Waals surface area contributed by atoms with Crippen LogP contribution in [0.15, 0.2) is 12.3 Å². The number of hydrogen-bond acceptors (Lipinski definition) is 6. The highest BCUT2D eigenvalue weighted by Crippen LogP contribution is 2.42. The number of aromatic nitrogens is 4. The standard InChI is InChI=1S/C22H33N7O2/c1-7-31-20-23-9-8-17(25-20)24-19-16-12-29(22(5,6)18(16)26-27-19)21(30)28-11-14(3)13(2)10-15(28)4/h8-9,13-15H,7,10-12H2,1-6H3,(H2,23,24,25,26,27)/t13?,14-,15+/m1/s1. The van der Waals surface area contributed by atoms with Crippen LogP contribution in [0.5, 0.6) is 6.01 Å². The lowest BCUT2D eigenvalue weighted by Gasteiger charge is -2.44. The van der Waals surface area contributed by atoms with Crippen LogP contribution in [0, 0.1) is 11.8 Å². The molecule has 2 aromatic heterocycles. The Morgan fingerprint density at radius 3 is 2.84 bits per heavy atom. The molecular formula is C22H33N7O2. The minimum atomic E-state index is -0.479. The van der Waals surface area contributed by atoms with E-state index in [0.717, 1.165) is 24.2 Å². The maximum Gasteiger partial charge on any atom is 0.321 e. The van der Waals surface area contributed by atoms with E-state index in [1.807, 2.05) is 16.7 Å². The molecule has 2 aromatic rings. The van der Waals surface area contributed by atoms with Gasteiger partial charge in [0.15, 0.2) is 5.82 Å². The zero-order valence-electron chi connectivity index (χ0n) is 19.3. The summed E-state index contributed by atoms with van der Waals surface area (Å²) in [6.45, 7) is 14.5. The quantitative estimate of drug-likeness (QED) is 0.768. The van der Waals surface area contributed by atoms with Gasteiger partial charge in [0.05, 0.1) is 24.4 Å². The molecule has 4 rings (SSSR count). The third-order valence-corrected chi connectivity index (χ3v) is 6.80. The Kier molecular flexibility index (Phi) is 5.53. The number of hydrogen-bond donors (Lipinski definition) is 2. The van der Waals surface area contributed by atoms with Gasteiger partial charge in [-0.05, 0) is 52.0 Å². The number of likely N-dealkylation sites (tertiary alicyclic amines) is 1. The Morgan fingerprint density at radius 2 is 2.10 bits per heavy atom. The van der Waals surface area contributed by atoms with Gasteiger partial charge >= 0.3 is 12.0 Å². The Hall–Kier alpha value is -2.84. The molecule has 0 aromatic carbocycles. The van der Waals surface area contributed by atoms with Crippen molar-refractivity contribution in [3.63, 3.8) is 0 Å². The molecule has 31 heavy (non-hydrogen) atoms. The van der Waals surface area contributed by atoms with Crippen molar-refractivity contribution in [3.05, 3.63) is 23.5 Å². The Morgan fingerprint density at radius 1 is 1.32 bits per heavy atom. The molecule has 1 saturated heterocycles. The number of nitrogens with one attached hydrogen (secondary N) is 2. The first-order chi connectivity index (χ1) is 14.7. The number of rotatable bonds is 4. The van der Waals surface area contributed by atoms with Crippen molar-refractivity contribution >= 4 is 17.7 Å². The molecule has 2 N–H and O–H groups in total. The summed E-state index contributed by atoms with van der Waals surface area (Å²) in [6, 6.07) is 2.42. The van der Waals surface area contributed by atoms with Gasteiger partial charge in [0.2, 0.25) is 0 Å². The van der Waals surface area contributed by atoms with E-state index < -0.39 is 5.54 Å². The molecule has 0 aliphatic carbocycles. The maximum atomic E-state index is 13.6. The molecule has 2 aliphatic heterocycles. The number of H-pyrrole nitrogens is 1. The SMILES string of the molecule is CCOc1nccc(Nc2n[nH]c3c2CN(C(=O)N2C[C@@H](C)C(C)C[C@@H]2C)C3(C)C)n1. The largest absolute Gasteiger partial charge is 0.464 e. The Labute approximate surface area is 183 Å². The van der Waals surface area contributed by atoms with E-state index in [9.17, 15) is 4.79 Å². The third-order valence-electron chi connectivity index (χ3n) is 6.80. The monoisotopic (exact) mass is 427 g/mol. The minimum absolute atomic E-state index is 0.0902. The predicted molar refractivity (Wildman–Crippen MR) is 118 cm³/mol. The van der Waals surface area contributed by atoms with Crippen molar-refractivity contribution in [2.24, 2.45) is 11.8 Å². The molecule has 0 bridgehead atoms. The van der Waals surface area contributed by atoms with E-state index in [1.54, 1.807) is 12.3 Å². The minimum Gasteiger partial charge on any atom is -0.464 e. The third kappa shape index (κ3) is 3.81. The first-order valence-electron chi connectivity index (χ1n) is 11.1. The lowest BCUT2D eigenvalue weighted by atomic mass is 9.85. The Bertz CT molecular complexity index is 957. The van der Waals surface area contributed by atoms with Crippen LogP contribution in [0.4, 0.5) is 16.4 Å². The van der Waals surface area contributed by atoms with E-state index in [0.29, 0.717) is 42.6 Å². The topological polar surface area (TPSA) is 99.3 Å². The van der Waals surface area contributed by atoms with E-state index >= 15 is 0 Å². The lowest BCUT2D eigenvalue weighted by Crippen LogP contribution is -2.55. The molecule has 168 valence electrons. The average Bonchev–Trinajstić information content (AvgIpc) is 3.23. The number of carbonyl (C=O) groups is 1. The second kappa shape index (κ2) is 8.01. The Balaban J connectivity index is 1.55. The van der Waals surface area contributed by atoms with Gasteiger partial charge in [0.1, 0.15) is 5.82 Å². The summed E-state index contributed by atoms with van der Waals surface area (Å²) >= 11 is 0. The number of fused-ring (bicyclic) bond motifs is 1. The van der Waals surface area contributed by atoms with E-state index in [-0.39, 0.29) is 12.1 Å². The fourth-order valence-corrected chi connectivity index (χ4v) is 4.65. The number of amides is 2. The molecule has 1 fully saturated rings. The van der Waals surface area contributed by atoms with Crippen molar-refractivity contribution in [1.29, 1.82) is 0 Å². The van der Waals surface area contributed by atoms with Gasteiger partial charge in [-0.3, -0.25) is 5.10 Å². The second-order valence-corrected chi connectivity index (χ2v) is 9.33. The number of piperidine rings is 1. The summed E-state index contributed by atoms with van der Waals surface area (Å²) in [5.41, 5.74) is 1.46. The number of carbonyl (C=O) groups excluding carboxylic acids is 1. The van der Waals surface area contributed by atoms with Crippen LogP contribution in [0.1, 0.15) is 59.2 Å². The molecule has 9 nitrogen and oxygen atoms in total. The first-order valence-corrected chi connectivity index (χ1v) is 11.1. The highest BCUT2D eigenvalue weighted by molar-refractivity contribution is 5.78. The lowest BCUT2D eigenvalue weighted by molar-refractivity contribution is 0.0585. The number of nitrogens with zero attached hydrogens (tertiary/aromatic N) is 5. The molecule has 0 saturated carbocycles. The average molecular weight is 428 g/mol. The van der Waals surface area contributed by atoms with Crippen molar-refractivity contribution in [2.45, 2.75) is 66.1 Å². The molecule has 2 aliphatic rings. The summed E-state index contributed by atoms with van der Waals surface area (Å²) < 4.78 is 5.38. The van der Waals surface area contributed by atoms with E-state index in [1.165, 1.54) is 0 Å². The van der Waals surface area contributed by atoms with Gasteiger partial charge < -0.3 is 19.9 Å². The molecule has 0 radical (unpaired) electrons. The van der Waals surface area contributed by atoms with Crippen LogP contribution in [0.2, 0.25) is 0 Å². The zero-order chi connectivity index (χ0) is 22.3. The van der Waals surface area contributed by atoms with Gasteiger partial charge in [-0.15, -0.1) is 0 Å². The predicted octanol–water partition coefficient (Wildman–Crippen LogP) is 3.88. The van der Waals surface area contributed by atoms with Crippen LogP contribution in [0.3, 0.4) is 0 Å². The number of urea groups is 1. The molecule has 9 heteroatoms. The van der Waals surface area contributed by atoms with Crippen LogP contribution < -0.4 is 10.1 Å². The summed E-state index contributed by atoms with van der Waals surface area (Å²) in [4.78, 5) is 26.0. The van der Waals surface area contributed by atoms with Gasteiger partial charge in [-0.1, -0.05) is 13.8 Å². The van der Waals surface area contributed by atoms with Gasteiger partial charge in [0.25, 0.3) is 0 Å². The summed E-state index contributed by atoms with van der Waals surface area (Å²) in [7, 11) is 0. The van der Waals surface area contributed by atoms with Gasteiger partial charge in [-0.25, -0.2) is 9.78 Å². The van der Waals surface area contributed by atoms with Crippen LogP contribution in [-0.4, -0.2) is 55.2 Å². The van der Waals surface area contributed by atoms with Crippen LogP contribution >= 0.6 is 0 Å². The zero-order valence-corrected chi connectivity index (χ0v) is 19.3. The molecular weight excluding hydrogens is 394 g/mol. The van der Waals surface area contributed by atoms with Crippen molar-refractivity contribution in [2.75, 3.05) is 18.5 Å². The van der Waals surface area contributed by atoms with E-state index in [2.05, 4.69) is 60.1 Å². The smallest absolute Gasteiger partial charge is 0.321 e. The van der Waals surface area contributed by atoms with Gasteiger partial charge in [-0.2, -0.15) is 10.1 Å². The summed E-state index contributed by atoms with van der Waals surface area (Å²) in [5.74, 6) is 2.41. The number of anilines is 2. The van der Waals surface area contributed by atoms with Crippen molar-refractivity contribution in [3.8, 4) is 6.01 Å². The molecule has 4 heterocycles. The number of aromatic amines is 1. The summed E-state index contributed by atoms with van der Waals surface area (Å²) in [5, 5.41) is 10.9. The molecule has 2 amide bonds. The molecule has 1 unspecified atom stereocenters. The van der Waals surface area contributed by atoms with Gasteiger partial charge in [0, 0.05) is 24.3 Å². The maximum absolute atomic E-state index is 13.6. The van der Waals surface area contributed by atoms with Crippen LogP contribution in [0.25, 0.3) is 0 Å². The van der Waals surface area contributed by atoms with Crippen molar-refractivity contribution in [1.82, 2.24) is 30.0 Å². The fourth-order valence-electron chi connectivity index (χ4n) is 4.65. The number of ether oxygens (including phenoxy) is 1. The fraction of sp³-hybridized carbons (Fsp3) is 0.636.